The molecule has 0 unspecified atom stereocenters. The number of benzene rings is 1. The van der Waals surface area contributed by atoms with Crippen molar-refractivity contribution in [1.82, 2.24) is 14.6 Å². The molecular weight excluding hydrogens is 390 g/mol. The number of aryl methyl sites for hydroxylation is 3. The van der Waals surface area contributed by atoms with Crippen molar-refractivity contribution in [3.8, 4) is 0 Å². The number of rotatable bonds is 5. The van der Waals surface area contributed by atoms with Gasteiger partial charge in [-0.25, -0.2) is 13.4 Å². The third-order valence-corrected chi connectivity index (χ3v) is 8.18. The molecule has 0 radical (unpaired) electrons. The Labute approximate surface area is 162 Å². The number of aromatic nitrogens is 1. The Kier molecular flexibility index (Phi) is 5.71. The Hall–Kier alpha value is -1.42. The number of nitrogens with one attached hydrogen (secondary N) is 1. The van der Waals surface area contributed by atoms with Crippen molar-refractivity contribution < 1.29 is 13.2 Å². The second-order valence-electron chi connectivity index (χ2n) is 6.25. The van der Waals surface area contributed by atoms with Gasteiger partial charge in [0.05, 0.1) is 28.0 Å². The van der Waals surface area contributed by atoms with Crippen molar-refractivity contribution in [2.45, 2.75) is 38.3 Å². The first kappa shape index (κ1) is 19.3. The summed E-state index contributed by atoms with van der Waals surface area (Å²) < 4.78 is 27.5. The van der Waals surface area contributed by atoms with E-state index in [4.69, 9.17) is 0 Å². The molecule has 26 heavy (non-hydrogen) atoms. The van der Waals surface area contributed by atoms with E-state index in [0.29, 0.717) is 17.9 Å². The van der Waals surface area contributed by atoms with E-state index >= 15 is 0 Å². The van der Waals surface area contributed by atoms with Gasteiger partial charge < -0.3 is 5.32 Å². The average Bonchev–Trinajstić information content (AvgIpc) is 3.21. The highest BCUT2D eigenvalue weighted by molar-refractivity contribution is 8.00. The van der Waals surface area contributed by atoms with Crippen molar-refractivity contribution in [3.63, 3.8) is 0 Å². The van der Waals surface area contributed by atoms with E-state index in [1.54, 1.807) is 19.1 Å². The number of carbonyl (C=O) groups excluding carboxylic acids is 1. The van der Waals surface area contributed by atoms with Crippen LogP contribution in [0.15, 0.2) is 28.5 Å². The monoisotopic (exact) mass is 411 g/mol. The van der Waals surface area contributed by atoms with Crippen LogP contribution in [0.25, 0.3) is 0 Å². The lowest BCUT2D eigenvalue weighted by Gasteiger charge is -2.23. The van der Waals surface area contributed by atoms with E-state index in [1.807, 2.05) is 25.3 Å². The molecule has 1 N–H and O–H groups in total. The Morgan fingerprint density at radius 2 is 2.12 bits per heavy atom. The van der Waals surface area contributed by atoms with Crippen molar-refractivity contribution in [2.24, 2.45) is 0 Å². The number of thioether (sulfide) groups is 1. The molecule has 1 amide bonds. The molecule has 140 valence electrons. The quantitative estimate of drug-likeness (QED) is 0.818. The van der Waals surface area contributed by atoms with Crippen LogP contribution in [0.1, 0.15) is 21.8 Å². The largest absolute Gasteiger partial charge is 0.349 e. The molecule has 3 rings (SSSR count). The molecule has 2 heterocycles. The average molecular weight is 412 g/mol. The van der Waals surface area contributed by atoms with Crippen LogP contribution in [-0.4, -0.2) is 41.3 Å². The molecule has 9 heteroatoms. The van der Waals surface area contributed by atoms with Crippen molar-refractivity contribution in [2.75, 3.05) is 11.6 Å². The zero-order valence-electron chi connectivity index (χ0n) is 14.9. The molecule has 1 aromatic heterocycles. The summed E-state index contributed by atoms with van der Waals surface area (Å²) in [4.78, 5) is 17.2. The highest BCUT2D eigenvalue weighted by atomic mass is 32.2. The summed E-state index contributed by atoms with van der Waals surface area (Å²) in [6.45, 7) is 5.91. The summed E-state index contributed by atoms with van der Waals surface area (Å²) in [5, 5.41) is 5.64. The number of hydrogen-bond donors (Lipinski definition) is 1. The minimum atomic E-state index is -3.72. The molecule has 1 aliphatic rings. The molecular formula is C17H21N3O3S3. The highest BCUT2D eigenvalue weighted by Gasteiger charge is 2.40. The Bertz CT molecular complexity index is 924. The Balaban J connectivity index is 1.77. The van der Waals surface area contributed by atoms with Crippen LogP contribution >= 0.6 is 23.1 Å². The first-order valence-electron chi connectivity index (χ1n) is 8.14. The lowest BCUT2D eigenvalue weighted by molar-refractivity contribution is -0.124. The van der Waals surface area contributed by atoms with Gasteiger partial charge in [0.15, 0.2) is 0 Å². The predicted molar refractivity (Wildman–Crippen MR) is 105 cm³/mol. The summed E-state index contributed by atoms with van der Waals surface area (Å²) in [5.74, 6) is 0.448. The Morgan fingerprint density at radius 1 is 1.35 bits per heavy atom. The first-order valence-corrected chi connectivity index (χ1v) is 11.6. The SMILES string of the molecule is Cc1ccc(S(=O)(=O)N2CSC[C@@H]2C(=O)NCc2csc(C)n2)c(C)c1. The molecule has 1 aromatic carbocycles. The number of thiazole rings is 1. The van der Waals surface area contributed by atoms with Crippen LogP contribution in [0.3, 0.4) is 0 Å². The minimum Gasteiger partial charge on any atom is -0.349 e. The smallest absolute Gasteiger partial charge is 0.244 e. The van der Waals surface area contributed by atoms with Gasteiger partial charge in [-0.1, -0.05) is 17.7 Å². The lowest BCUT2D eigenvalue weighted by Crippen LogP contribution is -2.47. The van der Waals surface area contributed by atoms with Crippen LogP contribution in [0.5, 0.6) is 0 Å². The minimum absolute atomic E-state index is 0.263. The number of sulfonamides is 1. The maximum atomic E-state index is 13.1. The molecule has 0 saturated carbocycles. The molecule has 6 nitrogen and oxygen atoms in total. The number of carbonyl (C=O) groups is 1. The van der Waals surface area contributed by atoms with Gasteiger partial charge in [0.25, 0.3) is 0 Å². The zero-order chi connectivity index (χ0) is 18.9. The van der Waals surface area contributed by atoms with Crippen molar-refractivity contribution >= 4 is 39.0 Å². The second kappa shape index (κ2) is 7.67. The van der Waals surface area contributed by atoms with Crippen LogP contribution in [0, 0.1) is 20.8 Å². The van der Waals surface area contributed by atoms with E-state index in [-0.39, 0.29) is 16.7 Å². The Morgan fingerprint density at radius 3 is 2.77 bits per heavy atom. The maximum Gasteiger partial charge on any atom is 0.244 e. The summed E-state index contributed by atoms with van der Waals surface area (Å²) in [7, 11) is -3.72. The number of hydrogen-bond acceptors (Lipinski definition) is 6. The van der Waals surface area contributed by atoms with Gasteiger partial charge in [-0.15, -0.1) is 23.1 Å². The van der Waals surface area contributed by atoms with E-state index in [1.165, 1.54) is 27.4 Å². The number of amides is 1. The molecule has 1 atom stereocenters. The normalized spacial score (nSPS) is 18.2. The highest BCUT2D eigenvalue weighted by Crippen LogP contribution is 2.30. The third-order valence-electron chi connectivity index (χ3n) is 4.17. The summed E-state index contributed by atoms with van der Waals surface area (Å²) in [5.41, 5.74) is 2.49. The van der Waals surface area contributed by atoms with E-state index in [9.17, 15) is 13.2 Å². The molecule has 1 aliphatic heterocycles. The van der Waals surface area contributed by atoms with Crippen molar-refractivity contribution in [3.05, 3.63) is 45.4 Å². The van der Waals surface area contributed by atoms with E-state index in [2.05, 4.69) is 10.3 Å². The molecule has 1 saturated heterocycles. The van der Waals surface area contributed by atoms with Gasteiger partial charge in [0.2, 0.25) is 15.9 Å². The fourth-order valence-electron chi connectivity index (χ4n) is 2.87. The van der Waals surface area contributed by atoms with Crippen LogP contribution in [0.4, 0.5) is 0 Å². The van der Waals surface area contributed by atoms with Crippen LogP contribution in [0.2, 0.25) is 0 Å². The van der Waals surface area contributed by atoms with Crippen LogP contribution in [-0.2, 0) is 21.4 Å². The van der Waals surface area contributed by atoms with E-state index < -0.39 is 16.1 Å². The summed E-state index contributed by atoms with van der Waals surface area (Å²) in [6.07, 6.45) is 0. The zero-order valence-corrected chi connectivity index (χ0v) is 17.3. The van der Waals surface area contributed by atoms with Gasteiger partial charge in [-0.3, -0.25) is 4.79 Å². The van der Waals surface area contributed by atoms with Gasteiger partial charge >= 0.3 is 0 Å². The molecule has 0 bridgehead atoms. The summed E-state index contributed by atoms with van der Waals surface area (Å²) in [6, 6.07) is 4.54. The van der Waals surface area contributed by atoms with Crippen LogP contribution < -0.4 is 5.32 Å². The van der Waals surface area contributed by atoms with E-state index in [0.717, 1.165) is 16.3 Å². The van der Waals surface area contributed by atoms with Gasteiger partial charge in [-0.2, -0.15) is 4.31 Å². The summed E-state index contributed by atoms with van der Waals surface area (Å²) >= 11 is 2.97. The molecule has 0 spiro atoms. The fourth-order valence-corrected chi connectivity index (χ4v) is 6.84. The standard InChI is InChI=1S/C17H21N3O3S3/c1-11-4-5-16(12(2)6-11)26(22,23)20-10-24-9-15(20)17(21)18-7-14-8-25-13(3)19-14/h4-6,8,15H,7,9-10H2,1-3H3,(H,18,21)/t15-/m1/s1. The predicted octanol–water partition coefficient (Wildman–Crippen LogP) is 2.45. The third kappa shape index (κ3) is 3.95. The maximum absolute atomic E-state index is 13.1. The van der Waals surface area contributed by atoms with Gasteiger partial charge in [-0.05, 0) is 32.4 Å². The van der Waals surface area contributed by atoms with Crippen molar-refractivity contribution in [1.29, 1.82) is 0 Å². The topological polar surface area (TPSA) is 79.4 Å². The molecule has 2 aromatic rings. The fraction of sp³-hybridized carbons (Fsp3) is 0.412. The number of nitrogens with zero attached hydrogens (tertiary/aromatic N) is 2. The molecule has 0 aliphatic carbocycles. The second-order valence-corrected chi connectivity index (χ2v) is 10.2. The first-order chi connectivity index (χ1) is 12.3. The lowest BCUT2D eigenvalue weighted by atomic mass is 10.2. The van der Waals surface area contributed by atoms with Gasteiger partial charge in [0.1, 0.15) is 6.04 Å². The molecule has 1 fully saturated rings. The van der Waals surface area contributed by atoms with Gasteiger partial charge in [0, 0.05) is 11.1 Å².